The van der Waals surface area contributed by atoms with Crippen molar-refractivity contribution in [2.45, 2.75) is 29.4 Å². The first-order chi connectivity index (χ1) is 10.6. The Morgan fingerprint density at radius 3 is 2.59 bits per heavy atom. The van der Waals surface area contributed by atoms with Gasteiger partial charge in [-0.05, 0) is 47.9 Å². The Morgan fingerprint density at radius 2 is 1.91 bits per heavy atom. The van der Waals surface area contributed by atoms with Crippen LogP contribution < -0.4 is 0 Å². The van der Waals surface area contributed by atoms with Crippen LogP contribution in [0.4, 0.5) is 4.39 Å². The fraction of sp³-hybridized carbons (Fsp3) is 0.375. The lowest BCUT2D eigenvalue weighted by atomic mass is 9.95. The van der Waals surface area contributed by atoms with Gasteiger partial charge in [0.05, 0.1) is 0 Å². The van der Waals surface area contributed by atoms with E-state index in [0.717, 1.165) is 24.8 Å². The van der Waals surface area contributed by atoms with E-state index in [-0.39, 0.29) is 11.7 Å². The molecule has 0 aliphatic carbocycles. The number of thiophene rings is 1. The van der Waals surface area contributed by atoms with Gasteiger partial charge < -0.3 is 0 Å². The van der Waals surface area contributed by atoms with Crippen molar-refractivity contribution in [1.29, 1.82) is 0 Å². The molecule has 0 N–H and O–H groups in total. The van der Waals surface area contributed by atoms with Crippen LogP contribution in [0, 0.1) is 5.82 Å². The van der Waals surface area contributed by atoms with Crippen LogP contribution in [-0.2, 0) is 10.0 Å². The molecule has 1 saturated heterocycles. The van der Waals surface area contributed by atoms with E-state index < -0.39 is 10.0 Å². The number of rotatable bonds is 3. The average Bonchev–Trinajstić information content (AvgIpc) is 2.94. The Hall–Kier alpha value is -1.24. The van der Waals surface area contributed by atoms with E-state index >= 15 is 0 Å². The van der Waals surface area contributed by atoms with Gasteiger partial charge >= 0.3 is 0 Å². The Bertz CT molecular complexity index is 711. The van der Waals surface area contributed by atoms with Crippen LogP contribution in [0.2, 0.25) is 0 Å². The van der Waals surface area contributed by atoms with Crippen LogP contribution in [-0.4, -0.2) is 25.8 Å². The number of benzene rings is 1. The molecule has 22 heavy (non-hydrogen) atoms. The van der Waals surface area contributed by atoms with Crippen LogP contribution in [0.1, 0.15) is 30.7 Å². The molecule has 0 saturated carbocycles. The van der Waals surface area contributed by atoms with Crippen molar-refractivity contribution in [2.24, 2.45) is 0 Å². The minimum atomic E-state index is -3.41. The molecule has 1 aromatic carbocycles. The molecule has 118 valence electrons. The molecule has 1 atom stereocenters. The molecule has 1 aromatic heterocycles. The predicted molar refractivity (Wildman–Crippen MR) is 86.1 cm³/mol. The van der Waals surface area contributed by atoms with E-state index in [2.05, 4.69) is 0 Å². The molecule has 2 aromatic rings. The van der Waals surface area contributed by atoms with Crippen LogP contribution in [0.5, 0.6) is 0 Å². The quantitative estimate of drug-likeness (QED) is 0.852. The standard InChI is InChI=1S/C16H18FNO2S2/c17-15-8-6-13(7-9-15)14-4-1-2-10-18(12-14)22(19,20)16-5-3-11-21-16/h3,5-9,11,14H,1-2,4,10,12H2/t14-/m0/s1. The van der Waals surface area contributed by atoms with E-state index in [0.29, 0.717) is 17.3 Å². The summed E-state index contributed by atoms with van der Waals surface area (Å²) in [7, 11) is -3.41. The molecule has 0 spiro atoms. The highest BCUT2D eigenvalue weighted by molar-refractivity contribution is 7.91. The van der Waals surface area contributed by atoms with Gasteiger partial charge in [-0.2, -0.15) is 4.31 Å². The second kappa shape index (κ2) is 6.48. The fourth-order valence-corrected chi connectivity index (χ4v) is 5.54. The van der Waals surface area contributed by atoms with E-state index in [1.165, 1.54) is 23.5 Å². The van der Waals surface area contributed by atoms with Gasteiger partial charge in [-0.25, -0.2) is 12.8 Å². The van der Waals surface area contributed by atoms with Gasteiger partial charge in [0, 0.05) is 13.1 Å². The van der Waals surface area contributed by atoms with Gasteiger partial charge in [-0.15, -0.1) is 11.3 Å². The van der Waals surface area contributed by atoms with E-state index in [1.807, 2.05) is 0 Å². The highest BCUT2D eigenvalue weighted by Gasteiger charge is 2.30. The van der Waals surface area contributed by atoms with Crippen LogP contribution in [0.15, 0.2) is 46.0 Å². The molecule has 0 radical (unpaired) electrons. The summed E-state index contributed by atoms with van der Waals surface area (Å²) in [5, 5.41) is 1.78. The third-order valence-electron chi connectivity index (χ3n) is 4.06. The molecule has 2 heterocycles. The summed E-state index contributed by atoms with van der Waals surface area (Å²) < 4.78 is 40.5. The van der Waals surface area contributed by atoms with Crippen LogP contribution >= 0.6 is 11.3 Å². The zero-order valence-electron chi connectivity index (χ0n) is 12.1. The van der Waals surface area contributed by atoms with Gasteiger partial charge in [0.25, 0.3) is 10.0 Å². The maximum Gasteiger partial charge on any atom is 0.252 e. The van der Waals surface area contributed by atoms with Gasteiger partial charge in [0.1, 0.15) is 10.0 Å². The maximum atomic E-state index is 13.1. The molecule has 0 amide bonds. The second-order valence-corrected chi connectivity index (χ2v) is 8.65. The lowest BCUT2D eigenvalue weighted by Crippen LogP contribution is -2.33. The first-order valence-corrected chi connectivity index (χ1v) is 9.68. The zero-order chi connectivity index (χ0) is 15.6. The van der Waals surface area contributed by atoms with E-state index in [4.69, 9.17) is 0 Å². The Balaban J connectivity index is 1.85. The third kappa shape index (κ3) is 3.24. The normalized spacial score (nSPS) is 20.7. The lowest BCUT2D eigenvalue weighted by molar-refractivity contribution is 0.407. The molecule has 1 aliphatic rings. The monoisotopic (exact) mass is 339 g/mol. The maximum absolute atomic E-state index is 13.1. The third-order valence-corrected chi connectivity index (χ3v) is 7.30. The minimum Gasteiger partial charge on any atom is -0.207 e. The summed E-state index contributed by atoms with van der Waals surface area (Å²) in [4.78, 5) is 0. The molecule has 0 unspecified atom stereocenters. The van der Waals surface area contributed by atoms with Gasteiger partial charge in [0.2, 0.25) is 0 Å². The van der Waals surface area contributed by atoms with Gasteiger partial charge in [-0.3, -0.25) is 0 Å². The largest absolute Gasteiger partial charge is 0.252 e. The Morgan fingerprint density at radius 1 is 1.14 bits per heavy atom. The Kier molecular flexibility index (Phi) is 4.61. The average molecular weight is 339 g/mol. The van der Waals surface area contributed by atoms with Crippen LogP contribution in [0.25, 0.3) is 0 Å². The summed E-state index contributed by atoms with van der Waals surface area (Å²) in [6, 6.07) is 9.82. The van der Waals surface area contributed by atoms with E-state index in [1.54, 1.807) is 34.0 Å². The number of nitrogens with zero attached hydrogens (tertiary/aromatic N) is 1. The number of hydrogen-bond acceptors (Lipinski definition) is 3. The first kappa shape index (κ1) is 15.6. The van der Waals surface area contributed by atoms with Crippen molar-refractivity contribution in [3.63, 3.8) is 0 Å². The Labute approximate surface area is 134 Å². The summed E-state index contributed by atoms with van der Waals surface area (Å²) in [6.45, 7) is 1.02. The summed E-state index contributed by atoms with van der Waals surface area (Å²) in [6.07, 6.45) is 2.78. The zero-order valence-corrected chi connectivity index (χ0v) is 13.7. The molecule has 1 fully saturated rings. The van der Waals surface area contributed by atoms with Crippen molar-refractivity contribution in [1.82, 2.24) is 4.31 Å². The molecule has 6 heteroatoms. The van der Waals surface area contributed by atoms with Crippen LogP contribution in [0.3, 0.4) is 0 Å². The summed E-state index contributed by atoms with van der Waals surface area (Å²) in [5.74, 6) is -0.140. The molecule has 3 nitrogen and oxygen atoms in total. The highest BCUT2D eigenvalue weighted by Crippen LogP contribution is 2.30. The van der Waals surface area contributed by atoms with Crippen molar-refractivity contribution in [3.8, 4) is 0 Å². The summed E-state index contributed by atoms with van der Waals surface area (Å²) >= 11 is 1.25. The molecule has 0 bridgehead atoms. The lowest BCUT2D eigenvalue weighted by Gasteiger charge is -2.23. The van der Waals surface area contributed by atoms with Crippen molar-refractivity contribution in [3.05, 3.63) is 53.2 Å². The molecular formula is C16H18FNO2S2. The van der Waals surface area contributed by atoms with Crippen molar-refractivity contribution < 1.29 is 12.8 Å². The smallest absolute Gasteiger partial charge is 0.207 e. The number of hydrogen-bond donors (Lipinski definition) is 0. The minimum absolute atomic E-state index is 0.123. The SMILES string of the molecule is O=S(=O)(c1cccs1)N1CCCC[C@H](c2ccc(F)cc2)C1. The molecular weight excluding hydrogens is 321 g/mol. The topological polar surface area (TPSA) is 37.4 Å². The second-order valence-electron chi connectivity index (χ2n) is 5.54. The molecule has 3 rings (SSSR count). The van der Waals surface area contributed by atoms with Gasteiger partial charge in [-0.1, -0.05) is 24.6 Å². The van der Waals surface area contributed by atoms with Crippen molar-refractivity contribution in [2.75, 3.05) is 13.1 Å². The highest BCUT2D eigenvalue weighted by atomic mass is 32.2. The van der Waals surface area contributed by atoms with Crippen molar-refractivity contribution >= 4 is 21.4 Å². The van der Waals surface area contributed by atoms with E-state index in [9.17, 15) is 12.8 Å². The number of sulfonamides is 1. The fourth-order valence-electron chi connectivity index (χ4n) is 2.87. The number of halogens is 1. The molecule has 1 aliphatic heterocycles. The first-order valence-electron chi connectivity index (χ1n) is 7.36. The summed E-state index contributed by atoms with van der Waals surface area (Å²) in [5.41, 5.74) is 1.01. The van der Waals surface area contributed by atoms with Gasteiger partial charge in [0.15, 0.2) is 0 Å². The predicted octanol–water partition coefficient (Wildman–Crippen LogP) is 3.85.